The quantitative estimate of drug-likeness (QED) is 0.921. The Morgan fingerprint density at radius 3 is 2.87 bits per heavy atom. The van der Waals surface area contributed by atoms with Gasteiger partial charge >= 0.3 is 5.69 Å². The number of benzene rings is 1. The average molecular weight is 355 g/mol. The highest BCUT2D eigenvalue weighted by atomic mass is 35.5. The molecule has 23 heavy (non-hydrogen) atoms. The number of hydrogen-bond donors (Lipinski definition) is 1. The minimum Gasteiger partial charge on any atom is -0.323 e. The Balaban J connectivity index is 1.74. The highest BCUT2D eigenvalue weighted by Gasteiger charge is 2.17. The standard InChI is InChI=1S/C15H16Cl2N4O2/c16-10-5-6-12(11(17)8-10)18-14(22)9-21-15(23)20-7-3-1-2-4-13(20)19-21/h5-6,8H,1-4,7,9H2,(H,18,22). The van der Waals surface area contributed by atoms with Crippen LogP contribution in [0, 0.1) is 0 Å². The molecule has 1 aromatic carbocycles. The number of aryl methyl sites for hydroxylation is 1. The number of amides is 1. The highest BCUT2D eigenvalue weighted by molar-refractivity contribution is 6.36. The molecule has 1 amide bonds. The van der Waals surface area contributed by atoms with E-state index >= 15 is 0 Å². The second-order valence-corrected chi connectivity index (χ2v) is 6.33. The van der Waals surface area contributed by atoms with Crippen LogP contribution in [0.3, 0.4) is 0 Å². The zero-order valence-corrected chi connectivity index (χ0v) is 13.9. The fourth-order valence-corrected chi connectivity index (χ4v) is 3.10. The fourth-order valence-electron chi connectivity index (χ4n) is 2.64. The number of fused-ring (bicyclic) bond motifs is 1. The van der Waals surface area contributed by atoms with E-state index in [0.29, 0.717) is 22.3 Å². The van der Waals surface area contributed by atoms with E-state index in [2.05, 4.69) is 10.4 Å². The molecule has 2 heterocycles. The van der Waals surface area contributed by atoms with E-state index in [1.165, 1.54) is 4.68 Å². The Labute approximate surface area is 143 Å². The molecule has 0 atom stereocenters. The third kappa shape index (κ3) is 3.59. The Bertz CT molecular complexity index is 797. The van der Waals surface area contributed by atoms with E-state index in [1.807, 2.05) is 0 Å². The third-order valence-corrected chi connectivity index (χ3v) is 4.33. The first-order valence-electron chi connectivity index (χ1n) is 7.46. The summed E-state index contributed by atoms with van der Waals surface area (Å²) < 4.78 is 2.87. The molecule has 1 aromatic heterocycles. The van der Waals surface area contributed by atoms with E-state index < -0.39 is 0 Å². The summed E-state index contributed by atoms with van der Waals surface area (Å²) in [6.07, 6.45) is 3.85. The monoisotopic (exact) mass is 354 g/mol. The predicted molar refractivity (Wildman–Crippen MR) is 89.1 cm³/mol. The van der Waals surface area contributed by atoms with Crippen LogP contribution in [0.1, 0.15) is 25.1 Å². The number of hydrogen-bond acceptors (Lipinski definition) is 3. The van der Waals surface area contributed by atoms with E-state index in [4.69, 9.17) is 23.2 Å². The van der Waals surface area contributed by atoms with Gasteiger partial charge in [0.15, 0.2) is 0 Å². The molecule has 0 saturated heterocycles. The van der Waals surface area contributed by atoms with Crippen molar-refractivity contribution in [1.29, 1.82) is 0 Å². The van der Waals surface area contributed by atoms with Crippen molar-refractivity contribution in [3.8, 4) is 0 Å². The molecular weight excluding hydrogens is 339 g/mol. The van der Waals surface area contributed by atoms with Gasteiger partial charge in [0.2, 0.25) is 5.91 Å². The summed E-state index contributed by atoms with van der Waals surface area (Å²) >= 11 is 11.8. The van der Waals surface area contributed by atoms with Gasteiger partial charge in [-0.15, -0.1) is 0 Å². The number of nitrogens with zero attached hydrogens (tertiary/aromatic N) is 3. The summed E-state index contributed by atoms with van der Waals surface area (Å²) in [6.45, 7) is 0.524. The second-order valence-electron chi connectivity index (χ2n) is 5.49. The van der Waals surface area contributed by atoms with Crippen LogP contribution in [0.2, 0.25) is 10.0 Å². The van der Waals surface area contributed by atoms with Crippen molar-refractivity contribution in [2.45, 2.75) is 38.8 Å². The van der Waals surface area contributed by atoms with E-state index in [9.17, 15) is 9.59 Å². The van der Waals surface area contributed by atoms with Crippen molar-refractivity contribution in [3.05, 3.63) is 44.6 Å². The lowest BCUT2D eigenvalue weighted by atomic mass is 10.2. The molecule has 6 nitrogen and oxygen atoms in total. The van der Waals surface area contributed by atoms with E-state index in [-0.39, 0.29) is 18.1 Å². The first kappa shape index (κ1) is 16.1. The molecule has 8 heteroatoms. The molecule has 0 fully saturated rings. The Morgan fingerprint density at radius 2 is 2.09 bits per heavy atom. The molecule has 1 aliphatic heterocycles. The lowest BCUT2D eigenvalue weighted by Gasteiger charge is -2.07. The lowest BCUT2D eigenvalue weighted by molar-refractivity contribution is -0.117. The maximum Gasteiger partial charge on any atom is 0.346 e. The number of halogens is 2. The topological polar surface area (TPSA) is 68.9 Å². The van der Waals surface area contributed by atoms with Crippen LogP contribution in [0.5, 0.6) is 0 Å². The van der Waals surface area contributed by atoms with Crippen molar-refractivity contribution in [3.63, 3.8) is 0 Å². The van der Waals surface area contributed by atoms with Crippen LogP contribution in [-0.4, -0.2) is 20.3 Å². The summed E-state index contributed by atoms with van der Waals surface area (Å²) in [5.74, 6) is 0.398. The first-order chi connectivity index (χ1) is 11.0. The summed E-state index contributed by atoms with van der Waals surface area (Å²) in [5, 5.41) is 7.78. The van der Waals surface area contributed by atoms with Gasteiger partial charge in [0, 0.05) is 18.0 Å². The van der Waals surface area contributed by atoms with Gasteiger partial charge in [0.1, 0.15) is 12.4 Å². The predicted octanol–water partition coefficient (Wildman–Crippen LogP) is 2.72. The van der Waals surface area contributed by atoms with E-state index in [1.54, 1.807) is 22.8 Å². The smallest absolute Gasteiger partial charge is 0.323 e. The summed E-state index contributed by atoms with van der Waals surface area (Å²) in [7, 11) is 0. The van der Waals surface area contributed by atoms with Gasteiger partial charge in [-0.2, -0.15) is 5.10 Å². The molecule has 0 bridgehead atoms. The first-order valence-corrected chi connectivity index (χ1v) is 8.21. The Hall–Kier alpha value is -1.79. The minimum absolute atomic E-state index is 0.141. The van der Waals surface area contributed by atoms with Crippen molar-refractivity contribution in [1.82, 2.24) is 14.3 Å². The van der Waals surface area contributed by atoms with Crippen LogP contribution >= 0.6 is 23.2 Å². The molecule has 1 aliphatic rings. The molecule has 122 valence electrons. The van der Waals surface area contributed by atoms with Gasteiger partial charge in [0.25, 0.3) is 0 Å². The Morgan fingerprint density at radius 1 is 1.26 bits per heavy atom. The van der Waals surface area contributed by atoms with Gasteiger partial charge in [-0.05, 0) is 31.0 Å². The van der Waals surface area contributed by atoms with Gasteiger partial charge in [0.05, 0.1) is 10.7 Å². The van der Waals surface area contributed by atoms with Gasteiger partial charge in [-0.25, -0.2) is 9.48 Å². The SMILES string of the molecule is O=C(Cn1nc2n(c1=O)CCCCC2)Nc1ccc(Cl)cc1Cl. The Kier molecular flexibility index (Phi) is 4.73. The molecule has 0 unspecified atom stereocenters. The van der Waals surface area contributed by atoms with Gasteiger partial charge in [-0.1, -0.05) is 29.6 Å². The van der Waals surface area contributed by atoms with Crippen LogP contribution in [0.4, 0.5) is 5.69 Å². The maximum absolute atomic E-state index is 12.3. The van der Waals surface area contributed by atoms with Crippen molar-refractivity contribution < 1.29 is 4.79 Å². The molecule has 3 rings (SSSR count). The van der Waals surface area contributed by atoms with Crippen LogP contribution in [0.15, 0.2) is 23.0 Å². The van der Waals surface area contributed by atoms with Crippen LogP contribution in [0.25, 0.3) is 0 Å². The summed E-state index contributed by atoms with van der Waals surface area (Å²) in [5.41, 5.74) is 0.217. The molecule has 0 spiro atoms. The molecule has 0 aliphatic carbocycles. The number of aromatic nitrogens is 3. The van der Waals surface area contributed by atoms with Gasteiger partial charge in [-0.3, -0.25) is 9.36 Å². The zero-order valence-electron chi connectivity index (χ0n) is 12.4. The average Bonchev–Trinajstić information content (AvgIpc) is 2.68. The molecule has 1 N–H and O–H groups in total. The molecule has 0 saturated carbocycles. The van der Waals surface area contributed by atoms with Crippen molar-refractivity contribution >= 4 is 34.8 Å². The molecule has 2 aromatic rings. The third-order valence-electron chi connectivity index (χ3n) is 3.78. The van der Waals surface area contributed by atoms with Gasteiger partial charge < -0.3 is 5.32 Å². The van der Waals surface area contributed by atoms with Crippen LogP contribution in [-0.2, 0) is 24.3 Å². The zero-order chi connectivity index (χ0) is 16.4. The molecule has 0 radical (unpaired) electrons. The number of carbonyl (C=O) groups excluding carboxylic acids is 1. The largest absolute Gasteiger partial charge is 0.346 e. The van der Waals surface area contributed by atoms with E-state index in [0.717, 1.165) is 31.5 Å². The minimum atomic E-state index is -0.357. The summed E-state index contributed by atoms with van der Waals surface area (Å²) in [6, 6.07) is 4.80. The number of nitrogens with one attached hydrogen (secondary N) is 1. The lowest BCUT2D eigenvalue weighted by Crippen LogP contribution is -2.30. The normalized spacial score (nSPS) is 14.2. The fraction of sp³-hybridized carbons (Fsp3) is 0.400. The highest BCUT2D eigenvalue weighted by Crippen LogP contribution is 2.25. The number of carbonyl (C=O) groups is 1. The number of rotatable bonds is 3. The van der Waals surface area contributed by atoms with Crippen molar-refractivity contribution in [2.24, 2.45) is 0 Å². The number of anilines is 1. The van der Waals surface area contributed by atoms with Crippen LogP contribution < -0.4 is 11.0 Å². The van der Waals surface area contributed by atoms with Crippen molar-refractivity contribution in [2.75, 3.05) is 5.32 Å². The summed E-state index contributed by atoms with van der Waals surface area (Å²) in [4.78, 5) is 24.4. The second kappa shape index (κ2) is 6.76. The molecular formula is C15H16Cl2N4O2. The maximum atomic E-state index is 12.3.